The monoisotopic (exact) mass is 309 g/mol. The number of aryl methyl sites for hydroxylation is 1. The first-order chi connectivity index (χ1) is 9.71. The van der Waals surface area contributed by atoms with Crippen LogP contribution in [0.5, 0.6) is 0 Å². The lowest BCUT2D eigenvalue weighted by Gasteiger charge is -2.19. The van der Waals surface area contributed by atoms with Crippen LogP contribution in [0.2, 0.25) is 5.02 Å². The van der Waals surface area contributed by atoms with Crippen LogP contribution in [0.15, 0.2) is 35.4 Å². The summed E-state index contributed by atoms with van der Waals surface area (Å²) in [5, 5.41) is 8.43. The zero-order valence-electron chi connectivity index (χ0n) is 12.1. The highest BCUT2D eigenvalue weighted by atomic mass is 35.5. The lowest BCUT2D eigenvalue weighted by Crippen LogP contribution is -2.22. The Hall–Kier alpha value is -0.970. The number of hydrogen-bond acceptors (Lipinski definition) is 3. The SMILES string of the molecule is CCCn1ncc(Cl)c1C(NC)c1ccc(SC)cc1. The van der Waals surface area contributed by atoms with Crippen LogP contribution in [0.3, 0.4) is 0 Å². The van der Waals surface area contributed by atoms with Gasteiger partial charge in [-0.2, -0.15) is 5.10 Å². The highest BCUT2D eigenvalue weighted by molar-refractivity contribution is 7.98. The van der Waals surface area contributed by atoms with Gasteiger partial charge in [-0.1, -0.05) is 30.7 Å². The number of thioether (sulfide) groups is 1. The number of nitrogens with zero attached hydrogens (tertiary/aromatic N) is 2. The fourth-order valence-corrected chi connectivity index (χ4v) is 2.97. The van der Waals surface area contributed by atoms with Gasteiger partial charge in [0.05, 0.1) is 23.0 Å². The second-order valence-corrected chi connectivity index (χ2v) is 5.88. The lowest BCUT2D eigenvalue weighted by atomic mass is 10.0. The van der Waals surface area contributed by atoms with Gasteiger partial charge in [0, 0.05) is 11.4 Å². The summed E-state index contributed by atoms with van der Waals surface area (Å²) in [6.45, 7) is 3.02. The van der Waals surface area contributed by atoms with Crippen molar-refractivity contribution in [2.75, 3.05) is 13.3 Å². The molecule has 0 radical (unpaired) electrons. The molecule has 1 atom stereocenters. The summed E-state index contributed by atoms with van der Waals surface area (Å²) in [5.41, 5.74) is 2.23. The van der Waals surface area contributed by atoms with Crippen molar-refractivity contribution in [1.82, 2.24) is 15.1 Å². The van der Waals surface area contributed by atoms with Gasteiger partial charge in [-0.3, -0.25) is 4.68 Å². The standard InChI is InChI=1S/C15H20ClN3S/c1-4-9-19-15(13(16)10-18-19)14(17-2)11-5-7-12(20-3)8-6-11/h5-8,10,14,17H,4,9H2,1-3H3. The zero-order chi connectivity index (χ0) is 14.5. The van der Waals surface area contributed by atoms with Gasteiger partial charge in [0.2, 0.25) is 0 Å². The van der Waals surface area contributed by atoms with E-state index < -0.39 is 0 Å². The Balaban J connectivity index is 2.38. The van der Waals surface area contributed by atoms with E-state index in [1.165, 1.54) is 10.5 Å². The van der Waals surface area contributed by atoms with Gasteiger partial charge >= 0.3 is 0 Å². The molecule has 20 heavy (non-hydrogen) atoms. The Labute approximate surface area is 129 Å². The van der Waals surface area contributed by atoms with Crippen molar-refractivity contribution in [2.45, 2.75) is 30.8 Å². The average molecular weight is 310 g/mol. The van der Waals surface area contributed by atoms with E-state index in [-0.39, 0.29) is 6.04 Å². The minimum absolute atomic E-state index is 0.0625. The summed E-state index contributed by atoms with van der Waals surface area (Å²) >= 11 is 8.08. The fraction of sp³-hybridized carbons (Fsp3) is 0.400. The first-order valence-electron chi connectivity index (χ1n) is 6.73. The predicted octanol–water partition coefficient (Wildman–Crippen LogP) is 3.98. The molecule has 5 heteroatoms. The van der Waals surface area contributed by atoms with Crippen molar-refractivity contribution < 1.29 is 0 Å². The third-order valence-corrected chi connectivity index (χ3v) is 4.31. The Morgan fingerprint density at radius 2 is 2.05 bits per heavy atom. The molecule has 0 spiro atoms. The highest BCUT2D eigenvalue weighted by Crippen LogP contribution is 2.29. The number of benzene rings is 1. The van der Waals surface area contributed by atoms with Crippen LogP contribution in [0, 0.1) is 0 Å². The van der Waals surface area contributed by atoms with Crippen molar-refractivity contribution in [2.24, 2.45) is 0 Å². The second kappa shape index (κ2) is 7.16. The molecule has 1 heterocycles. The number of aromatic nitrogens is 2. The van der Waals surface area contributed by atoms with E-state index >= 15 is 0 Å². The Morgan fingerprint density at radius 1 is 1.35 bits per heavy atom. The van der Waals surface area contributed by atoms with E-state index in [1.807, 2.05) is 11.7 Å². The van der Waals surface area contributed by atoms with E-state index in [2.05, 4.69) is 47.9 Å². The smallest absolute Gasteiger partial charge is 0.0837 e. The minimum Gasteiger partial charge on any atom is -0.308 e. The van der Waals surface area contributed by atoms with Gasteiger partial charge in [0.1, 0.15) is 0 Å². The summed E-state index contributed by atoms with van der Waals surface area (Å²) in [5.74, 6) is 0. The summed E-state index contributed by atoms with van der Waals surface area (Å²) in [6, 6.07) is 8.63. The molecule has 0 aliphatic rings. The Morgan fingerprint density at radius 3 is 2.60 bits per heavy atom. The molecule has 1 aromatic heterocycles. The summed E-state index contributed by atoms with van der Waals surface area (Å²) in [7, 11) is 1.95. The van der Waals surface area contributed by atoms with Crippen molar-refractivity contribution in [3.63, 3.8) is 0 Å². The van der Waals surface area contributed by atoms with Crippen LogP contribution in [0.25, 0.3) is 0 Å². The van der Waals surface area contributed by atoms with Gasteiger partial charge in [-0.15, -0.1) is 11.8 Å². The molecule has 3 nitrogen and oxygen atoms in total. The summed E-state index contributed by atoms with van der Waals surface area (Å²) in [4.78, 5) is 1.26. The molecule has 0 aliphatic carbocycles. The van der Waals surface area contributed by atoms with E-state index in [4.69, 9.17) is 11.6 Å². The first-order valence-corrected chi connectivity index (χ1v) is 8.34. The van der Waals surface area contributed by atoms with E-state index in [1.54, 1.807) is 18.0 Å². The van der Waals surface area contributed by atoms with Gasteiger partial charge in [0.25, 0.3) is 0 Å². The Bertz CT molecular complexity index is 551. The normalized spacial score (nSPS) is 12.6. The van der Waals surface area contributed by atoms with Gasteiger partial charge in [-0.25, -0.2) is 0 Å². The molecule has 0 fully saturated rings. The Kier molecular flexibility index (Phi) is 5.52. The number of halogens is 1. The van der Waals surface area contributed by atoms with Gasteiger partial charge in [0.15, 0.2) is 0 Å². The molecule has 0 bridgehead atoms. The van der Waals surface area contributed by atoms with E-state index in [9.17, 15) is 0 Å². The fourth-order valence-electron chi connectivity index (χ4n) is 2.31. The third-order valence-electron chi connectivity index (χ3n) is 3.28. The van der Waals surface area contributed by atoms with Crippen molar-refractivity contribution in [3.05, 3.63) is 46.7 Å². The lowest BCUT2D eigenvalue weighted by molar-refractivity contribution is 0.534. The van der Waals surface area contributed by atoms with Crippen molar-refractivity contribution in [1.29, 1.82) is 0 Å². The molecular formula is C15H20ClN3S. The van der Waals surface area contributed by atoms with E-state index in [0.29, 0.717) is 5.02 Å². The maximum absolute atomic E-state index is 6.34. The average Bonchev–Trinajstić information content (AvgIpc) is 2.83. The minimum atomic E-state index is 0.0625. The van der Waals surface area contributed by atoms with Gasteiger partial charge in [-0.05, 0) is 37.4 Å². The van der Waals surface area contributed by atoms with Crippen molar-refractivity contribution in [3.8, 4) is 0 Å². The molecule has 0 saturated heterocycles. The maximum Gasteiger partial charge on any atom is 0.0837 e. The third kappa shape index (κ3) is 3.19. The summed E-state index contributed by atoms with van der Waals surface area (Å²) < 4.78 is 1.99. The zero-order valence-corrected chi connectivity index (χ0v) is 13.6. The highest BCUT2D eigenvalue weighted by Gasteiger charge is 2.20. The van der Waals surface area contributed by atoms with Crippen LogP contribution < -0.4 is 5.32 Å². The first kappa shape index (κ1) is 15.4. The molecular weight excluding hydrogens is 290 g/mol. The molecule has 1 unspecified atom stereocenters. The van der Waals surface area contributed by atoms with Crippen LogP contribution >= 0.6 is 23.4 Å². The largest absolute Gasteiger partial charge is 0.308 e. The number of nitrogens with one attached hydrogen (secondary N) is 1. The number of hydrogen-bond donors (Lipinski definition) is 1. The molecule has 0 amide bonds. The van der Waals surface area contributed by atoms with Gasteiger partial charge < -0.3 is 5.32 Å². The molecule has 108 valence electrons. The van der Waals surface area contributed by atoms with Crippen LogP contribution in [0.1, 0.15) is 30.6 Å². The van der Waals surface area contributed by atoms with Crippen molar-refractivity contribution >= 4 is 23.4 Å². The molecule has 2 aromatic rings. The van der Waals surface area contributed by atoms with E-state index in [0.717, 1.165) is 18.7 Å². The van der Waals surface area contributed by atoms with Crippen LogP contribution in [-0.2, 0) is 6.54 Å². The molecule has 0 aliphatic heterocycles. The number of rotatable bonds is 6. The van der Waals surface area contributed by atoms with Crippen LogP contribution in [-0.4, -0.2) is 23.1 Å². The second-order valence-electron chi connectivity index (χ2n) is 4.60. The molecule has 2 rings (SSSR count). The summed E-state index contributed by atoms with van der Waals surface area (Å²) in [6.07, 6.45) is 4.84. The predicted molar refractivity (Wildman–Crippen MR) is 86.7 cm³/mol. The topological polar surface area (TPSA) is 29.9 Å². The van der Waals surface area contributed by atoms with Crippen LogP contribution in [0.4, 0.5) is 0 Å². The maximum atomic E-state index is 6.34. The molecule has 1 aromatic carbocycles. The quantitative estimate of drug-likeness (QED) is 0.819. The molecule has 0 saturated carbocycles. The molecule has 1 N–H and O–H groups in total.